The average molecular weight is 423 g/mol. The van der Waals surface area contributed by atoms with Crippen LogP contribution < -0.4 is 31.4 Å². The number of nitrogens with zero attached hydrogens (tertiary/aromatic N) is 3. The Bertz CT molecular complexity index is 809. The minimum Gasteiger partial charge on any atom is -0.442 e. The zero-order valence-electron chi connectivity index (χ0n) is 16.9. The molecule has 0 saturated carbocycles. The molecular weight excluding hydrogens is 397 g/mol. The van der Waals surface area contributed by atoms with Crippen LogP contribution in [0.4, 0.5) is 25.4 Å². The van der Waals surface area contributed by atoms with Crippen LogP contribution in [0.3, 0.4) is 0 Å². The van der Waals surface area contributed by atoms with E-state index in [0.29, 0.717) is 37.6 Å². The molecule has 0 aromatic heterocycles. The summed E-state index contributed by atoms with van der Waals surface area (Å²) in [6.45, 7) is 3.57. The maximum atomic E-state index is 14.9. The SMILES string of the molecule is CNNC(=O)N1CCN(c2ccc(N3C[C@H](CNC(C)=O)OC3=O)cc2F)CCN1. The van der Waals surface area contributed by atoms with Gasteiger partial charge in [-0.1, -0.05) is 0 Å². The lowest BCUT2D eigenvalue weighted by molar-refractivity contribution is -0.119. The van der Waals surface area contributed by atoms with Gasteiger partial charge in [0.05, 0.1) is 31.0 Å². The highest BCUT2D eigenvalue weighted by Crippen LogP contribution is 2.28. The number of hydrogen-bond acceptors (Lipinski definition) is 7. The number of ether oxygens (including phenoxy) is 1. The maximum Gasteiger partial charge on any atom is 0.414 e. The van der Waals surface area contributed by atoms with Crippen molar-refractivity contribution in [2.75, 3.05) is 56.1 Å². The van der Waals surface area contributed by atoms with Gasteiger partial charge < -0.3 is 15.0 Å². The van der Waals surface area contributed by atoms with Crippen LogP contribution in [-0.2, 0) is 9.53 Å². The lowest BCUT2D eigenvalue weighted by Gasteiger charge is -2.24. The molecule has 2 aliphatic heterocycles. The Balaban J connectivity index is 1.65. The highest BCUT2D eigenvalue weighted by molar-refractivity contribution is 5.90. The lowest BCUT2D eigenvalue weighted by Crippen LogP contribution is -2.51. The highest BCUT2D eigenvalue weighted by Gasteiger charge is 2.33. The van der Waals surface area contributed by atoms with E-state index < -0.39 is 18.0 Å². The summed E-state index contributed by atoms with van der Waals surface area (Å²) in [5, 5.41) is 4.03. The highest BCUT2D eigenvalue weighted by atomic mass is 19.1. The second-order valence-corrected chi connectivity index (χ2v) is 6.92. The van der Waals surface area contributed by atoms with Gasteiger partial charge >= 0.3 is 12.1 Å². The van der Waals surface area contributed by atoms with Crippen molar-refractivity contribution in [2.24, 2.45) is 0 Å². The third-order valence-electron chi connectivity index (χ3n) is 4.79. The lowest BCUT2D eigenvalue weighted by atomic mass is 10.2. The minimum absolute atomic E-state index is 0.205. The number of benzene rings is 1. The van der Waals surface area contributed by atoms with E-state index in [-0.39, 0.29) is 25.0 Å². The Labute approximate surface area is 173 Å². The number of nitrogens with one attached hydrogen (secondary N) is 4. The summed E-state index contributed by atoms with van der Waals surface area (Å²) in [6, 6.07) is 4.24. The molecule has 164 valence electrons. The number of amides is 4. The van der Waals surface area contributed by atoms with E-state index in [2.05, 4.69) is 21.6 Å². The molecule has 0 spiro atoms. The van der Waals surface area contributed by atoms with Crippen molar-refractivity contribution in [3.05, 3.63) is 24.0 Å². The molecule has 2 fully saturated rings. The molecular formula is C18H26FN7O4. The van der Waals surface area contributed by atoms with Gasteiger partial charge in [0.15, 0.2) is 0 Å². The molecule has 12 heteroatoms. The number of cyclic esters (lactones) is 1. The number of halogens is 1. The van der Waals surface area contributed by atoms with Crippen molar-refractivity contribution < 1.29 is 23.5 Å². The van der Waals surface area contributed by atoms with Crippen molar-refractivity contribution >= 4 is 29.4 Å². The second kappa shape index (κ2) is 9.59. The van der Waals surface area contributed by atoms with E-state index in [0.717, 1.165) is 0 Å². The minimum atomic E-state index is -0.581. The molecule has 0 radical (unpaired) electrons. The summed E-state index contributed by atoms with van der Waals surface area (Å²) in [5.74, 6) is -0.687. The first-order valence-corrected chi connectivity index (χ1v) is 9.64. The first kappa shape index (κ1) is 21.6. The van der Waals surface area contributed by atoms with Crippen LogP contribution in [0.2, 0.25) is 0 Å². The van der Waals surface area contributed by atoms with Gasteiger partial charge in [-0.25, -0.2) is 24.8 Å². The van der Waals surface area contributed by atoms with Gasteiger partial charge in [0, 0.05) is 33.6 Å². The van der Waals surface area contributed by atoms with Gasteiger partial charge in [0.25, 0.3) is 0 Å². The zero-order chi connectivity index (χ0) is 21.7. The molecule has 0 bridgehead atoms. The molecule has 1 aromatic rings. The number of rotatable bonds is 5. The number of hydrazine groups is 2. The Morgan fingerprint density at radius 3 is 2.80 bits per heavy atom. The molecule has 3 rings (SSSR count). The van der Waals surface area contributed by atoms with Crippen LogP contribution in [0.5, 0.6) is 0 Å². The summed E-state index contributed by atoms with van der Waals surface area (Å²) in [4.78, 5) is 38.2. The van der Waals surface area contributed by atoms with Crippen LogP contribution >= 0.6 is 0 Å². The van der Waals surface area contributed by atoms with Crippen molar-refractivity contribution in [3.63, 3.8) is 0 Å². The molecule has 4 amide bonds. The smallest absolute Gasteiger partial charge is 0.414 e. The Kier molecular flexibility index (Phi) is 6.90. The predicted octanol–water partition coefficient (Wildman–Crippen LogP) is -0.242. The van der Waals surface area contributed by atoms with E-state index >= 15 is 0 Å². The van der Waals surface area contributed by atoms with Crippen molar-refractivity contribution in [3.8, 4) is 0 Å². The second-order valence-electron chi connectivity index (χ2n) is 6.92. The summed E-state index contributed by atoms with van der Waals surface area (Å²) < 4.78 is 20.1. The monoisotopic (exact) mass is 423 g/mol. The Morgan fingerprint density at radius 1 is 1.30 bits per heavy atom. The molecule has 4 N–H and O–H groups in total. The summed E-state index contributed by atoms with van der Waals surface area (Å²) in [7, 11) is 1.59. The first-order valence-electron chi connectivity index (χ1n) is 9.64. The van der Waals surface area contributed by atoms with Gasteiger partial charge in [-0.3, -0.25) is 20.1 Å². The van der Waals surface area contributed by atoms with E-state index in [1.807, 2.05) is 4.90 Å². The topological polar surface area (TPSA) is 118 Å². The number of carbonyl (C=O) groups excluding carboxylic acids is 3. The van der Waals surface area contributed by atoms with Crippen LogP contribution in [0.25, 0.3) is 0 Å². The van der Waals surface area contributed by atoms with Crippen molar-refractivity contribution in [1.82, 2.24) is 26.6 Å². The maximum absolute atomic E-state index is 14.9. The van der Waals surface area contributed by atoms with E-state index in [1.54, 1.807) is 19.2 Å². The molecule has 2 aliphatic rings. The van der Waals surface area contributed by atoms with Gasteiger partial charge in [0.1, 0.15) is 11.9 Å². The van der Waals surface area contributed by atoms with Crippen molar-refractivity contribution in [2.45, 2.75) is 13.0 Å². The number of hydrogen-bond donors (Lipinski definition) is 4. The van der Waals surface area contributed by atoms with Gasteiger partial charge in [0.2, 0.25) is 5.91 Å². The zero-order valence-corrected chi connectivity index (χ0v) is 16.9. The van der Waals surface area contributed by atoms with Crippen LogP contribution in [0, 0.1) is 5.82 Å². The normalized spacial score (nSPS) is 19.4. The molecule has 1 aromatic carbocycles. The fourth-order valence-corrected chi connectivity index (χ4v) is 3.34. The molecule has 0 aliphatic carbocycles. The molecule has 11 nitrogen and oxygen atoms in total. The van der Waals surface area contributed by atoms with Crippen molar-refractivity contribution in [1.29, 1.82) is 0 Å². The first-order chi connectivity index (χ1) is 14.4. The molecule has 2 heterocycles. The Morgan fingerprint density at radius 2 is 2.10 bits per heavy atom. The van der Waals surface area contributed by atoms with E-state index in [1.165, 1.54) is 22.9 Å². The number of anilines is 2. The fraction of sp³-hybridized carbons (Fsp3) is 0.500. The number of carbonyl (C=O) groups is 3. The van der Waals surface area contributed by atoms with E-state index in [9.17, 15) is 18.8 Å². The summed E-state index contributed by atoms with van der Waals surface area (Å²) in [5.41, 5.74) is 8.81. The van der Waals surface area contributed by atoms with E-state index in [4.69, 9.17) is 4.74 Å². The quantitative estimate of drug-likeness (QED) is 0.483. The third-order valence-corrected chi connectivity index (χ3v) is 4.79. The Hall–Kier alpha value is -3.12. The average Bonchev–Trinajstić information content (AvgIpc) is 2.91. The largest absolute Gasteiger partial charge is 0.442 e. The predicted molar refractivity (Wildman–Crippen MR) is 107 cm³/mol. The standard InChI is InChI=1S/C18H26FN7O4/c1-12(27)21-10-14-11-25(18(29)30-14)13-3-4-16(15(19)9-13)24-6-5-22-26(8-7-24)17(28)23-20-2/h3-4,9,14,20,22H,5-8,10-11H2,1-2H3,(H,21,27)(H,23,28)/t14-/m0/s1. The van der Waals surface area contributed by atoms with Crippen LogP contribution in [-0.4, -0.2) is 75.5 Å². The van der Waals surface area contributed by atoms with Crippen LogP contribution in [0.15, 0.2) is 18.2 Å². The molecule has 1 atom stereocenters. The molecule has 30 heavy (non-hydrogen) atoms. The van der Waals surface area contributed by atoms with Gasteiger partial charge in [-0.15, -0.1) is 0 Å². The van der Waals surface area contributed by atoms with Crippen LogP contribution in [0.1, 0.15) is 6.92 Å². The third kappa shape index (κ3) is 5.07. The van der Waals surface area contributed by atoms with Gasteiger partial charge in [-0.05, 0) is 18.2 Å². The fourth-order valence-electron chi connectivity index (χ4n) is 3.34. The van der Waals surface area contributed by atoms with Gasteiger partial charge in [-0.2, -0.15) is 0 Å². The summed E-state index contributed by atoms with van der Waals surface area (Å²) >= 11 is 0. The molecule has 0 unspecified atom stereocenters. The summed E-state index contributed by atoms with van der Waals surface area (Å²) in [6.07, 6.45) is -1.07. The molecule has 2 saturated heterocycles. The number of urea groups is 1.